The van der Waals surface area contributed by atoms with Crippen LogP contribution in [0, 0.1) is 0 Å². The minimum atomic E-state index is 0.662. The average molecular weight is 440 g/mol. The van der Waals surface area contributed by atoms with Crippen molar-refractivity contribution in [1.82, 2.24) is 19.3 Å². The van der Waals surface area contributed by atoms with Gasteiger partial charge in [-0.25, -0.2) is 4.98 Å². The van der Waals surface area contributed by atoms with Crippen LogP contribution in [0.2, 0.25) is 0 Å². The first kappa shape index (κ1) is 20.6. The van der Waals surface area contributed by atoms with Gasteiger partial charge in [-0.1, -0.05) is 30.3 Å². The molecule has 3 aromatic heterocycles. The lowest BCUT2D eigenvalue weighted by atomic mass is 10.2. The van der Waals surface area contributed by atoms with Gasteiger partial charge < -0.3 is 19.4 Å². The van der Waals surface area contributed by atoms with E-state index in [2.05, 4.69) is 56.4 Å². The third kappa shape index (κ3) is 4.13. The van der Waals surface area contributed by atoms with Crippen molar-refractivity contribution in [2.24, 2.45) is 7.05 Å². The van der Waals surface area contributed by atoms with Crippen molar-refractivity contribution in [3.8, 4) is 22.8 Å². The van der Waals surface area contributed by atoms with Crippen molar-refractivity contribution in [2.75, 3.05) is 19.5 Å². The van der Waals surface area contributed by atoms with Gasteiger partial charge in [-0.2, -0.15) is 5.10 Å². The number of benzene rings is 2. The Morgan fingerprint density at radius 3 is 2.45 bits per heavy atom. The molecule has 1 N–H and O–H groups in total. The number of methoxy groups -OCH3 is 2. The van der Waals surface area contributed by atoms with Crippen LogP contribution in [-0.2, 0) is 13.6 Å². The molecule has 0 aliphatic heterocycles. The molecule has 5 aromatic rings. The fourth-order valence-electron chi connectivity index (χ4n) is 4.01. The Balaban J connectivity index is 1.57. The summed E-state index contributed by atoms with van der Waals surface area (Å²) in [5, 5.41) is 8.83. The molecule has 0 bridgehead atoms. The molecule has 0 amide bonds. The number of aromatic nitrogens is 4. The first-order valence-corrected chi connectivity index (χ1v) is 10.7. The Labute approximate surface area is 192 Å². The van der Waals surface area contributed by atoms with E-state index in [1.807, 2.05) is 54.6 Å². The highest BCUT2D eigenvalue weighted by atomic mass is 16.5. The zero-order chi connectivity index (χ0) is 22.8. The molecule has 2 aromatic carbocycles. The van der Waals surface area contributed by atoms with Gasteiger partial charge in [-0.3, -0.25) is 4.68 Å². The van der Waals surface area contributed by atoms with E-state index in [0.29, 0.717) is 11.5 Å². The van der Waals surface area contributed by atoms with Crippen LogP contribution in [0.15, 0.2) is 79.3 Å². The lowest BCUT2D eigenvalue weighted by molar-refractivity contribution is 0.355. The van der Waals surface area contributed by atoms with E-state index < -0.39 is 0 Å². The third-order valence-corrected chi connectivity index (χ3v) is 5.63. The van der Waals surface area contributed by atoms with Crippen molar-refractivity contribution in [3.05, 3.63) is 84.8 Å². The maximum atomic E-state index is 5.43. The number of rotatable bonds is 7. The number of nitrogens with zero attached hydrogens (tertiary/aromatic N) is 4. The Morgan fingerprint density at radius 1 is 0.909 bits per heavy atom. The molecule has 166 valence electrons. The summed E-state index contributed by atoms with van der Waals surface area (Å²) in [5.74, 6) is 2.10. The fraction of sp³-hybridized carbons (Fsp3) is 0.154. The van der Waals surface area contributed by atoms with Crippen LogP contribution in [-0.4, -0.2) is 33.6 Å². The number of nitrogens with one attached hydrogen (secondary N) is 1. The smallest absolute Gasteiger partial charge is 0.162 e. The predicted molar refractivity (Wildman–Crippen MR) is 130 cm³/mol. The van der Waals surface area contributed by atoms with E-state index in [4.69, 9.17) is 9.47 Å². The van der Waals surface area contributed by atoms with E-state index in [9.17, 15) is 0 Å². The minimum absolute atomic E-state index is 0.662. The Bertz CT molecular complexity index is 1410. The molecule has 0 spiro atoms. The molecule has 7 heteroatoms. The minimum Gasteiger partial charge on any atom is -0.493 e. The zero-order valence-electron chi connectivity index (χ0n) is 18.8. The monoisotopic (exact) mass is 439 g/mol. The second-order valence-corrected chi connectivity index (χ2v) is 7.83. The Kier molecular flexibility index (Phi) is 5.44. The Hall–Kier alpha value is -4.26. The van der Waals surface area contributed by atoms with Gasteiger partial charge in [0.2, 0.25) is 0 Å². The number of fused-ring (bicyclic) bond motifs is 1. The highest BCUT2D eigenvalue weighted by molar-refractivity contribution is 5.88. The van der Waals surface area contributed by atoms with Crippen molar-refractivity contribution < 1.29 is 9.47 Å². The maximum Gasteiger partial charge on any atom is 0.162 e. The molecule has 3 heterocycles. The molecule has 0 aliphatic carbocycles. The molecule has 5 rings (SSSR count). The highest BCUT2D eigenvalue weighted by Gasteiger charge is 2.14. The summed E-state index contributed by atoms with van der Waals surface area (Å²) in [6, 6.07) is 20.4. The first-order chi connectivity index (χ1) is 16.1. The van der Waals surface area contributed by atoms with E-state index in [1.165, 1.54) is 5.56 Å². The van der Waals surface area contributed by atoms with Crippen LogP contribution >= 0.6 is 0 Å². The quantitative estimate of drug-likeness (QED) is 0.375. The maximum absolute atomic E-state index is 5.43. The van der Waals surface area contributed by atoms with Crippen molar-refractivity contribution in [1.29, 1.82) is 0 Å². The second-order valence-electron chi connectivity index (χ2n) is 7.83. The molecule has 0 aliphatic rings. The average Bonchev–Trinajstić information content (AvgIpc) is 3.43. The molecule has 0 saturated heterocycles. The third-order valence-electron chi connectivity index (χ3n) is 5.63. The normalized spacial score (nSPS) is 11.0. The van der Waals surface area contributed by atoms with Gasteiger partial charge in [-0.15, -0.1) is 0 Å². The first-order valence-electron chi connectivity index (χ1n) is 10.7. The Morgan fingerprint density at radius 2 is 1.73 bits per heavy atom. The van der Waals surface area contributed by atoms with Crippen LogP contribution in [0.4, 0.5) is 11.5 Å². The number of hydrogen-bond donors (Lipinski definition) is 1. The standard InChI is InChI=1S/C26H25N5O2/c1-30-17-20(15-28-30)22-11-19-14-27-26(29-21-9-10-24(32-2)25(12-21)33-3)13-23(19)31(22)16-18-7-5-4-6-8-18/h4-15,17H,16H2,1-3H3,(H,27,29). The number of anilines is 2. The summed E-state index contributed by atoms with van der Waals surface area (Å²) in [6.07, 6.45) is 5.83. The van der Waals surface area contributed by atoms with Crippen LogP contribution in [0.1, 0.15) is 5.56 Å². The summed E-state index contributed by atoms with van der Waals surface area (Å²) >= 11 is 0. The largest absolute Gasteiger partial charge is 0.493 e. The molecule has 0 radical (unpaired) electrons. The molecule has 33 heavy (non-hydrogen) atoms. The summed E-state index contributed by atoms with van der Waals surface area (Å²) in [4.78, 5) is 4.64. The summed E-state index contributed by atoms with van der Waals surface area (Å²) in [7, 11) is 5.18. The van der Waals surface area contributed by atoms with Crippen LogP contribution in [0.3, 0.4) is 0 Å². The van der Waals surface area contributed by atoms with Crippen LogP contribution in [0.25, 0.3) is 22.2 Å². The summed E-state index contributed by atoms with van der Waals surface area (Å²) in [5.41, 5.74) is 5.36. The number of ether oxygens (including phenoxy) is 2. The lowest BCUT2D eigenvalue weighted by Crippen LogP contribution is -2.02. The zero-order valence-corrected chi connectivity index (χ0v) is 18.8. The van der Waals surface area contributed by atoms with Crippen molar-refractivity contribution >= 4 is 22.4 Å². The van der Waals surface area contributed by atoms with Crippen LogP contribution < -0.4 is 14.8 Å². The number of hydrogen-bond acceptors (Lipinski definition) is 5. The van der Waals surface area contributed by atoms with Gasteiger partial charge >= 0.3 is 0 Å². The molecule has 0 unspecified atom stereocenters. The van der Waals surface area contributed by atoms with Gasteiger partial charge in [0.1, 0.15) is 5.82 Å². The number of aryl methyl sites for hydroxylation is 1. The van der Waals surface area contributed by atoms with E-state index in [0.717, 1.165) is 40.2 Å². The van der Waals surface area contributed by atoms with Gasteiger partial charge in [0.15, 0.2) is 11.5 Å². The van der Waals surface area contributed by atoms with E-state index >= 15 is 0 Å². The van der Waals surface area contributed by atoms with Gasteiger partial charge in [0, 0.05) is 54.8 Å². The van der Waals surface area contributed by atoms with Gasteiger partial charge in [0.05, 0.1) is 31.6 Å². The topological polar surface area (TPSA) is 66.1 Å². The van der Waals surface area contributed by atoms with Crippen molar-refractivity contribution in [3.63, 3.8) is 0 Å². The summed E-state index contributed by atoms with van der Waals surface area (Å²) < 4.78 is 14.9. The summed E-state index contributed by atoms with van der Waals surface area (Å²) in [6.45, 7) is 0.744. The SMILES string of the molecule is COc1ccc(Nc2cc3c(cn2)cc(-c2cnn(C)c2)n3Cc2ccccc2)cc1OC. The lowest BCUT2D eigenvalue weighted by Gasteiger charge is -2.12. The second kappa shape index (κ2) is 8.70. The number of pyridine rings is 1. The molecular formula is C26H25N5O2. The van der Waals surface area contributed by atoms with Crippen molar-refractivity contribution in [2.45, 2.75) is 6.54 Å². The molecule has 0 fully saturated rings. The highest BCUT2D eigenvalue weighted by Crippen LogP contribution is 2.33. The van der Waals surface area contributed by atoms with E-state index in [-0.39, 0.29) is 0 Å². The molecule has 0 saturated carbocycles. The van der Waals surface area contributed by atoms with E-state index in [1.54, 1.807) is 14.2 Å². The van der Waals surface area contributed by atoms with Gasteiger partial charge in [-0.05, 0) is 23.8 Å². The molecule has 0 atom stereocenters. The van der Waals surface area contributed by atoms with Gasteiger partial charge in [0.25, 0.3) is 0 Å². The molecular weight excluding hydrogens is 414 g/mol. The van der Waals surface area contributed by atoms with Crippen LogP contribution in [0.5, 0.6) is 11.5 Å². The fourth-order valence-corrected chi connectivity index (χ4v) is 4.01. The molecule has 7 nitrogen and oxygen atoms in total. The predicted octanol–water partition coefficient (Wildman–Crippen LogP) is 5.25.